The molecule has 0 spiro atoms. The number of amides is 5. The predicted octanol–water partition coefficient (Wildman–Crippen LogP) is 1.58. The standard InChI is InChI=1S/C41H56N8O8/c1-5-25(4)36(48-34(51)21-28(45-38(53)35(42)24(2)3)18-27-13-15-30(50)16-14-27)39(54)46-31(20-29-22-43-23-44-29)40(55)49-17-9-12-33(49)37(52)47-32(41(56)57)19-26-10-7-6-8-11-26/h6-8,10-11,13-16,22-25,28,31-33,35-36,50H,5,9,12,17-21,42H2,1-4H3,(H,43,44)(H,45,53)(H,46,54)(H,47,52)(H,48,51)(H,56,57)/t25-,28+,31-,32-,33-,35-,36-/m0/s1. The van der Waals surface area contributed by atoms with Crippen LogP contribution in [0.2, 0.25) is 0 Å². The van der Waals surface area contributed by atoms with Crippen molar-refractivity contribution in [3.8, 4) is 5.75 Å². The number of phenolic OH excluding ortho intramolecular Hbond substituents is 1. The van der Waals surface area contributed by atoms with Gasteiger partial charge in [-0.25, -0.2) is 9.78 Å². The van der Waals surface area contributed by atoms with Crippen molar-refractivity contribution in [1.29, 1.82) is 0 Å². The van der Waals surface area contributed by atoms with Crippen LogP contribution in [-0.2, 0) is 48.0 Å². The molecule has 3 aromatic rings. The number of rotatable bonds is 20. The van der Waals surface area contributed by atoms with Crippen LogP contribution < -0.4 is 27.0 Å². The number of carbonyl (C=O) groups is 6. The van der Waals surface area contributed by atoms with Crippen molar-refractivity contribution in [1.82, 2.24) is 36.1 Å². The highest BCUT2D eigenvalue weighted by atomic mass is 16.4. The molecule has 5 amide bonds. The number of H-pyrrole nitrogens is 1. The first-order chi connectivity index (χ1) is 27.2. The zero-order valence-electron chi connectivity index (χ0n) is 32.9. The Kier molecular flexibility index (Phi) is 16.2. The van der Waals surface area contributed by atoms with Crippen molar-refractivity contribution in [3.63, 3.8) is 0 Å². The van der Waals surface area contributed by atoms with E-state index in [1.54, 1.807) is 49.4 Å². The average molecular weight is 789 g/mol. The number of hydrogen-bond acceptors (Lipinski definition) is 9. The number of aromatic hydroxyl groups is 1. The monoisotopic (exact) mass is 788 g/mol. The van der Waals surface area contributed by atoms with Crippen molar-refractivity contribution in [2.24, 2.45) is 17.6 Å². The fourth-order valence-electron chi connectivity index (χ4n) is 6.75. The third kappa shape index (κ3) is 12.9. The quantitative estimate of drug-likeness (QED) is 0.0821. The SMILES string of the molecule is CC[C@H](C)[C@H](NC(=O)C[C@@H](Cc1ccc(O)cc1)NC(=O)[C@@H](N)C(C)C)C(=O)N[C@@H](Cc1cnc[nH]1)C(=O)N1CCC[C@H]1C(=O)N[C@@H](Cc1ccccc1)C(=O)O. The van der Waals surface area contributed by atoms with Crippen LogP contribution in [0.4, 0.5) is 0 Å². The van der Waals surface area contributed by atoms with E-state index in [1.807, 2.05) is 20.8 Å². The number of hydrogen-bond donors (Lipinski definition) is 8. The summed E-state index contributed by atoms with van der Waals surface area (Å²) in [5.74, 6) is -4.39. The summed E-state index contributed by atoms with van der Waals surface area (Å²) in [6.07, 6.45) is 4.34. The Hall–Kier alpha value is -5.77. The Labute approximate surface area is 332 Å². The number of carboxylic acids is 1. The molecule has 0 unspecified atom stereocenters. The number of nitrogens with two attached hydrogens (primary N) is 1. The van der Waals surface area contributed by atoms with Crippen LogP contribution in [0.25, 0.3) is 0 Å². The number of carbonyl (C=O) groups excluding carboxylic acids is 5. The number of aromatic amines is 1. The predicted molar refractivity (Wildman–Crippen MR) is 211 cm³/mol. The Morgan fingerprint density at radius 1 is 0.877 bits per heavy atom. The van der Waals surface area contributed by atoms with Crippen LogP contribution in [0.5, 0.6) is 5.75 Å². The highest BCUT2D eigenvalue weighted by molar-refractivity contribution is 5.95. The van der Waals surface area contributed by atoms with E-state index in [-0.39, 0.29) is 49.8 Å². The normalized spacial score (nSPS) is 17.1. The lowest BCUT2D eigenvalue weighted by molar-refractivity contribution is -0.145. The van der Waals surface area contributed by atoms with Crippen LogP contribution in [0.1, 0.15) is 70.2 Å². The van der Waals surface area contributed by atoms with E-state index in [0.717, 1.165) is 11.1 Å². The molecule has 1 aliphatic rings. The molecule has 4 rings (SSSR count). The third-order valence-electron chi connectivity index (χ3n) is 10.4. The van der Waals surface area contributed by atoms with Gasteiger partial charge in [-0.3, -0.25) is 24.0 Å². The van der Waals surface area contributed by atoms with E-state index in [2.05, 4.69) is 31.2 Å². The second kappa shape index (κ2) is 20.9. The van der Waals surface area contributed by atoms with Gasteiger partial charge >= 0.3 is 5.97 Å². The second-order valence-corrected chi connectivity index (χ2v) is 15.1. The van der Waals surface area contributed by atoms with Gasteiger partial charge in [0.25, 0.3) is 0 Å². The first kappa shape index (κ1) is 44.0. The number of likely N-dealkylation sites (tertiary alicyclic amines) is 1. The number of carboxylic acid groups (broad SMARTS) is 1. The topological polar surface area (TPSA) is 249 Å². The van der Waals surface area contributed by atoms with E-state index in [4.69, 9.17) is 5.73 Å². The second-order valence-electron chi connectivity index (χ2n) is 15.1. The summed E-state index contributed by atoms with van der Waals surface area (Å²) in [6, 6.07) is 9.33. The van der Waals surface area contributed by atoms with Crippen molar-refractivity contribution in [2.75, 3.05) is 6.54 Å². The summed E-state index contributed by atoms with van der Waals surface area (Å²) in [7, 11) is 0. The number of aliphatic carboxylic acids is 1. The van der Waals surface area contributed by atoms with Gasteiger partial charge in [0.1, 0.15) is 29.9 Å². The maximum Gasteiger partial charge on any atom is 0.326 e. The summed E-state index contributed by atoms with van der Waals surface area (Å²) in [6.45, 7) is 7.49. The fraction of sp³-hybridized carbons (Fsp3) is 0.488. The van der Waals surface area contributed by atoms with Crippen LogP contribution in [0.15, 0.2) is 67.1 Å². The molecule has 2 heterocycles. The summed E-state index contributed by atoms with van der Waals surface area (Å²) in [5, 5.41) is 30.8. The molecule has 1 fully saturated rings. The minimum absolute atomic E-state index is 0.000808. The molecule has 0 saturated carbocycles. The molecule has 7 atom stereocenters. The summed E-state index contributed by atoms with van der Waals surface area (Å²) >= 11 is 0. The average Bonchev–Trinajstić information content (AvgIpc) is 3.90. The van der Waals surface area contributed by atoms with E-state index in [1.165, 1.54) is 29.6 Å². The van der Waals surface area contributed by atoms with Gasteiger partial charge in [-0.05, 0) is 54.4 Å². The highest BCUT2D eigenvalue weighted by Gasteiger charge is 2.40. The van der Waals surface area contributed by atoms with Gasteiger partial charge < -0.3 is 47.1 Å². The van der Waals surface area contributed by atoms with E-state index < -0.39 is 71.8 Å². The van der Waals surface area contributed by atoms with E-state index in [0.29, 0.717) is 25.0 Å². The van der Waals surface area contributed by atoms with Crippen LogP contribution in [0.3, 0.4) is 0 Å². The Balaban J connectivity index is 1.51. The minimum atomic E-state index is -1.22. The molecule has 0 bridgehead atoms. The Morgan fingerprint density at radius 2 is 1.56 bits per heavy atom. The molecular weight excluding hydrogens is 732 g/mol. The van der Waals surface area contributed by atoms with Gasteiger partial charge in [-0.2, -0.15) is 0 Å². The number of benzene rings is 2. The lowest BCUT2D eigenvalue weighted by Crippen LogP contribution is -2.59. The summed E-state index contributed by atoms with van der Waals surface area (Å²) in [5.41, 5.74) is 8.12. The van der Waals surface area contributed by atoms with Crippen molar-refractivity contribution in [2.45, 2.75) is 109 Å². The molecule has 9 N–H and O–H groups in total. The van der Waals surface area contributed by atoms with Crippen LogP contribution >= 0.6 is 0 Å². The number of nitrogens with one attached hydrogen (secondary N) is 5. The maximum absolute atomic E-state index is 14.3. The molecule has 1 aliphatic heterocycles. The molecule has 16 nitrogen and oxygen atoms in total. The molecule has 308 valence electrons. The van der Waals surface area contributed by atoms with Crippen molar-refractivity contribution in [3.05, 3.63) is 83.9 Å². The number of aromatic nitrogens is 2. The lowest BCUT2D eigenvalue weighted by atomic mass is 9.96. The maximum atomic E-state index is 14.3. The fourth-order valence-corrected chi connectivity index (χ4v) is 6.75. The smallest absolute Gasteiger partial charge is 0.326 e. The molecule has 16 heteroatoms. The van der Waals surface area contributed by atoms with Gasteiger partial charge in [-0.15, -0.1) is 0 Å². The van der Waals surface area contributed by atoms with Gasteiger partial charge in [0.15, 0.2) is 0 Å². The minimum Gasteiger partial charge on any atom is -0.508 e. The first-order valence-corrected chi connectivity index (χ1v) is 19.4. The summed E-state index contributed by atoms with van der Waals surface area (Å²) in [4.78, 5) is 89.1. The van der Waals surface area contributed by atoms with Crippen molar-refractivity contribution >= 4 is 35.5 Å². The Morgan fingerprint density at radius 3 is 2.18 bits per heavy atom. The molecule has 0 radical (unpaired) electrons. The van der Waals surface area contributed by atoms with E-state index >= 15 is 0 Å². The molecule has 2 aromatic carbocycles. The highest BCUT2D eigenvalue weighted by Crippen LogP contribution is 2.21. The van der Waals surface area contributed by atoms with Crippen LogP contribution in [0, 0.1) is 11.8 Å². The number of phenols is 1. The first-order valence-electron chi connectivity index (χ1n) is 19.4. The zero-order valence-corrected chi connectivity index (χ0v) is 32.9. The molecule has 1 saturated heterocycles. The molecular formula is C41H56N8O8. The van der Waals surface area contributed by atoms with Gasteiger partial charge in [0, 0.05) is 43.7 Å². The summed E-state index contributed by atoms with van der Waals surface area (Å²) < 4.78 is 0. The Bertz CT molecular complexity index is 1800. The zero-order chi connectivity index (χ0) is 41.6. The largest absolute Gasteiger partial charge is 0.508 e. The lowest BCUT2D eigenvalue weighted by Gasteiger charge is -2.31. The van der Waals surface area contributed by atoms with Gasteiger partial charge in [0.05, 0.1) is 12.4 Å². The number of imidazole rings is 1. The molecule has 57 heavy (non-hydrogen) atoms. The van der Waals surface area contributed by atoms with E-state index in [9.17, 15) is 39.0 Å². The molecule has 1 aromatic heterocycles. The van der Waals surface area contributed by atoms with Crippen molar-refractivity contribution < 1.29 is 39.0 Å². The van der Waals surface area contributed by atoms with Gasteiger partial charge in [0.2, 0.25) is 29.5 Å². The third-order valence-corrected chi connectivity index (χ3v) is 10.4. The van der Waals surface area contributed by atoms with Gasteiger partial charge in [-0.1, -0.05) is 76.6 Å². The molecule has 0 aliphatic carbocycles. The number of nitrogens with zero attached hydrogens (tertiary/aromatic N) is 2. The van der Waals surface area contributed by atoms with Crippen LogP contribution in [-0.4, -0.2) is 103 Å².